The van der Waals surface area contributed by atoms with Gasteiger partial charge in [0.25, 0.3) is 0 Å². The highest BCUT2D eigenvalue weighted by Crippen LogP contribution is 2.30. The van der Waals surface area contributed by atoms with Gasteiger partial charge >= 0.3 is 0 Å². The molecule has 0 aliphatic carbocycles. The van der Waals surface area contributed by atoms with E-state index < -0.39 is 0 Å². The number of aryl methyl sites for hydroxylation is 1. The van der Waals surface area contributed by atoms with Gasteiger partial charge in [-0.1, -0.05) is 20.8 Å². The quantitative estimate of drug-likeness (QED) is 0.812. The number of nitrogens with zero attached hydrogens (tertiary/aromatic N) is 2. The lowest BCUT2D eigenvalue weighted by molar-refractivity contribution is 0.750. The van der Waals surface area contributed by atoms with Gasteiger partial charge in [0.15, 0.2) is 0 Å². The predicted molar refractivity (Wildman–Crippen MR) is 92.0 cm³/mol. The Labute approximate surface area is 129 Å². The van der Waals surface area contributed by atoms with Gasteiger partial charge in [0.05, 0.1) is 11.1 Å². The summed E-state index contributed by atoms with van der Waals surface area (Å²) in [7, 11) is 0. The minimum Gasteiger partial charge on any atom is -0.370 e. The number of nitrogens with one attached hydrogen (secondary N) is 1. The number of thioether (sulfide) groups is 1. The Morgan fingerprint density at radius 3 is 2.75 bits per heavy atom. The summed E-state index contributed by atoms with van der Waals surface area (Å²) in [5.41, 5.74) is 0. The monoisotopic (exact) mass is 309 g/mol. The van der Waals surface area contributed by atoms with Crippen LogP contribution in [0.15, 0.2) is 6.07 Å². The second kappa shape index (κ2) is 7.27. The third-order valence-corrected chi connectivity index (χ3v) is 5.40. The van der Waals surface area contributed by atoms with Gasteiger partial charge in [0.2, 0.25) is 0 Å². The topological polar surface area (TPSA) is 37.8 Å². The Morgan fingerprint density at radius 1 is 1.30 bits per heavy atom. The first-order valence-corrected chi connectivity index (χ1v) is 9.22. The van der Waals surface area contributed by atoms with E-state index in [4.69, 9.17) is 9.97 Å². The van der Waals surface area contributed by atoms with Crippen molar-refractivity contribution in [3.05, 3.63) is 16.8 Å². The van der Waals surface area contributed by atoms with Crippen molar-refractivity contribution in [2.45, 2.75) is 39.9 Å². The summed E-state index contributed by atoms with van der Waals surface area (Å²) in [5, 5.41) is 4.55. The Morgan fingerprint density at radius 2 is 2.10 bits per heavy atom. The Hall–Kier alpha value is -0.810. The Balaban J connectivity index is 2.26. The van der Waals surface area contributed by atoms with Crippen molar-refractivity contribution in [1.82, 2.24) is 9.97 Å². The van der Waals surface area contributed by atoms with E-state index in [1.165, 1.54) is 10.3 Å². The number of hydrogen-bond acceptors (Lipinski definition) is 5. The first-order valence-electron chi connectivity index (χ1n) is 7.25. The SMILES string of the molecule is CCNc1nc(CSCC(C)C)nc2sc(CC)cc12. The number of anilines is 1. The summed E-state index contributed by atoms with van der Waals surface area (Å²) < 4.78 is 0. The average Bonchev–Trinajstić information content (AvgIpc) is 2.82. The molecule has 0 spiro atoms. The molecule has 0 fully saturated rings. The van der Waals surface area contributed by atoms with Crippen LogP contribution in [-0.4, -0.2) is 22.3 Å². The molecule has 2 rings (SSSR count). The van der Waals surface area contributed by atoms with Gasteiger partial charge < -0.3 is 5.32 Å². The third kappa shape index (κ3) is 3.85. The lowest BCUT2D eigenvalue weighted by Crippen LogP contribution is -2.03. The molecule has 0 aromatic carbocycles. The summed E-state index contributed by atoms with van der Waals surface area (Å²) in [4.78, 5) is 11.9. The number of hydrogen-bond donors (Lipinski definition) is 1. The molecule has 2 aromatic heterocycles. The molecule has 2 aromatic rings. The number of thiophene rings is 1. The van der Waals surface area contributed by atoms with Crippen LogP contribution in [0.1, 0.15) is 38.4 Å². The van der Waals surface area contributed by atoms with Crippen LogP contribution in [0.25, 0.3) is 10.2 Å². The minimum atomic E-state index is 0.713. The molecular weight excluding hydrogens is 286 g/mol. The van der Waals surface area contributed by atoms with Crippen molar-refractivity contribution >= 4 is 39.1 Å². The van der Waals surface area contributed by atoms with Crippen molar-refractivity contribution < 1.29 is 0 Å². The van der Waals surface area contributed by atoms with Crippen molar-refractivity contribution in [2.24, 2.45) is 5.92 Å². The lowest BCUT2D eigenvalue weighted by atomic mass is 10.3. The molecule has 3 nitrogen and oxygen atoms in total. The van der Waals surface area contributed by atoms with E-state index in [0.29, 0.717) is 5.92 Å². The fraction of sp³-hybridized carbons (Fsp3) is 0.600. The standard InChI is InChI=1S/C15H23N3S2/c1-5-11-7-12-14(16-6-2)17-13(18-15(12)20-11)9-19-8-10(3)4/h7,10H,5-6,8-9H2,1-4H3,(H,16,17,18). The second-order valence-corrected chi connectivity index (χ2v) is 7.36. The van der Waals surface area contributed by atoms with Gasteiger partial charge in [-0.15, -0.1) is 11.3 Å². The minimum absolute atomic E-state index is 0.713. The summed E-state index contributed by atoms with van der Waals surface area (Å²) in [6.45, 7) is 9.67. The second-order valence-electron chi connectivity index (χ2n) is 5.21. The Bertz CT molecular complexity index is 563. The van der Waals surface area contributed by atoms with Crippen molar-refractivity contribution in [1.29, 1.82) is 0 Å². The number of rotatable bonds is 7. The van der Waals surface area contributed by atoms with E-state index in [-0.39, 0.29) is 0 Å². The molecule has 1 N–H and O–H groups in total. The number of fused-ring (bicyclic) bond motifs is 1. The summed E-state index contributed by atoms with van der Waals surface area (Å²) in [6.07, 6.45) is 1.06. The highest BCUT2D eigenvalue weighted by molar-refractivity contribution is 7.98. The van der Waals surface area contributed by atoms with Crippen molar-refractivity contribution in [3.63, 3.8) is 0 Å². The van der Waals surface area contributed by atoms with Gasteiger partial charge in [-0.3, -0.25) is 0 Å². The first-order chi connectivity index (χ1) is 9.63. The van der Waals surface area contributed by atoms with E-state index in [2.05, 4.69) is 39.1 Å². The van der Waals surface area contributed by atoms with Crippen LogP contribution >= 0.6 is 23.1 Å². The van der Waals surface area contributed by atoms with E-state index in [1.807, 2.05) is 11.8 Å². The van der Waals surface area contributed by atoms with Crippen LogP contribution in [-0.2, 0) is 12.2 Å². The van der Waals surface area contributed by atoms with Crippen LogP contribution in [0.4, 0.5) is 5.82 Å². The zero-order valence-electron chi connectivity index (χ0n) is 12.7. The van der Waals surface area contributed by atoms with Gasteiger partial charge in [-0.2, -0.15) is 11.8 Å². The van der Waals surface area contributed by atoms with Gasteiger partial charge in [-0.25, -0.2) is 9.97 Å². The summed E-state index contributed by atoms with van der Waals surface area (Å²) in [5.74, 6) is 4.71. The molecule has 2 heterocycles. The normalized spacial score (nSPS) is 11.4. The van der Waals surface area contributed by atoms with E-state index in [0.717, 1.165) is 40.9 Å². The van der Waals surface area contributed by atoms with Crippen LogP contribution < -0.4 is 5.32 Å². The van der Waals surface area contributed by atoms with Gasteiger partial charge in [0, 0.05) is 11.4 Å². The maximum absolute atomic E-state index is 4.73. The smallest absolute Gasteiger partial charge is 0.142 e. The van der Waals surface area contributed by atoms with E-state index in [1.54, 1.807) is 11.3 Å². The van der Waals surface area contributed by atoms with Gasteiger partial charge in [-0.05, 0) is 31.1 Å². The maximum atomic E-state index is 4.73. The molecule has 0 radical (unpaired) electrons. The lowest BCUT2D eigenvalue weighted by Gasteiger charge is -2.07. The third-order valence-electron chi connectivity index (χ3n) is 2.87. The molecule has 0 saturated heterocycles. The molecule has 20 heavy (non-hydrogen) atoms. The van der Waals surface area contributed by atoms with Crippen LogP contribution in [0.2, 0.25) is 0 Å². The first kappa shape index (κ1) is 15.6. The average molecular weight is 310 g/mol. The summed E-state index contributed by atoms with van der Waals surface area (Å²) in [6, 6.07) is 2.23. The van der Waals surface area contributed by atoms with Crippen LogP contribution in [0.3, 0.4) is 0 Å². The largest absolute Gasteiger partial charge is 0.370 e. The molecule has 0 aliphatic rings. The fourth-order valence-corrected chi connectivity index (χ4v) is 3.83. The highest BCUT2D eigenvalue weighted by Gasteiger charge is 2.11. The Kier molecular flexibility index (Phi) is 5.66. The van der Waals surface area contributed by atoms with Crippen molar-refractivity contribution in [3.8, 4) is 0 Å². The molecule has 0 amide bonds. The molecule has 0 saturated carbocycles. The molecule has 110 valence electrons. The predicted octanol–water partition coefficient (Wildman–Crippen LogP) is 4.57. The van der Waals surface area contributed by atoms with Crippen LogP contribution in [0, 0.1) is 5.92 Å². The maximum Gasteiger partial charge on any atom is 0.142 e. The zero-order chi connectivity index (χ0) is 14.5. The highest BCUT2D eigenvalue weighted by atomic mass is 32.2. The molecule has 0 atom stereocenters. The fourth-order valence-electron chi connectivity index (χ4n) is 1.94. The van der Waals surface area contributed by atoms with Gasteiger partial charge in [0.1, 0.15) is 16.5 Å². The molecular formula is C15H23N3S2. The summed E-state index contributed by atoms with van der Waals surface area (Å²) >= 11 is 3.71. The molecule has 0 bridgehead atoms. The van der Waals surface area contributed by atoms with E-state index >= 15 is 0 Å². The molecule has 5 heteroatoms. The molecule has 0 aliphatic heterocycles. The molecule has 0 unspecified atom stereocenters. The van der Waals surface area contributed by atoms with E-state index in [9.17, 15) is 0 Å². The van der Waals surface area contributed by atoms with Crippen LogP contribution in [0.5, 0.6) is 0 Å². The zero-order valence-corrected chi connectivity index (χ0v) is 14.3. The number of aromatic nitrogens is 2. The van der Waals surface area contributed by atoms with Crippen molar-refractivity contribution in [2.75, 3.05) is 17.6 Å².